The van der Waals surface area contributed by atoms with E-state index in [-0.39, 0.29) is 42.3 Å². The second kappa shape index (κ2) is 9.67. The maximum atomic E-state index is 12.8. The number of anilines is 3. The molecule has 4 aromatic rings. The minimum Gasteiger partial charge on any atom is -0.362 e. The smallest absolute Gasteiger partial charge is 0.332 e. The van der Waals surface area contributed by atoms with Gasteiger partial charge in [-0.25, -0.2) is 29.2 Å². The molecule has 5 heterocycles. The van der Waals surface area contributed by atoms with Gasteiger partial charge in [0.25, 0.3) is 5.91 Å². The number of fused-ring (bicyclic) bond motifs is 1. The number of carbonyl (C=O) groups is 3. The Morgan fingerprint density at radius 2 is 1.88 bits per heavy atom. The summed E-state index contributed by atoms with van der Waals surface area (Å²) in [6, 6.07) is 8.57. The lowest BCUT2D eigenvalue weighted by molar-refractivity contribution is -0.124. The fourth-order valence-electron chi connectivity index (χ4n) is 4.86. The van der Waals surface area contributed by atoms with E-state index in [0.717, 1.165) is 21.7 Å². The summed E-state index contributed by atoms with van der Waals surface area (Å²) in [4.78, 5) is 57.3. The summed E-state index contributed by atoms with van der Waals surface area (Å²) < 4.78 is 1.67. The Bertz CT molecular complexity index is 1670. The third-order valence-corrected chi connectivity index (χ3v) is 7.17. The van der Waals surface area contributed by atoms with Crippen LogP contribution in [0.2, 0.25) is 0 Å². The number of imide groups is 1. The fourth-order valence-corrected chi connectivity index (χ4v) is 4.86. The number of likely N-dealkylation sites (N-methyl/N-ethyl adjacent to an activating group) is 1. The molecule has 4 amide bonds. The van der Waals surface area contributed by atoms with Gasteiger partial charge in [0.2, 0.25) is 5.91 Å². The van der Waals surface area contributed by atoms with Crippen LogP contribution >= 0.6 is 0 Å². The van der Waals surface area contributed by atoms with Crippen molar-refractivity contribution in [3.63, 3.8) is 0 Å². The Labute approximate surface area is 229 Å². The monoisotopic (exact) mass is 540 g/mol. The maximum Gasteiger partial charge on any atom is 0.332 e. The van der Waals surface area contributed by atoms with Gasteiger partial charge < -0.3 is 10.6 Å². The average molecular weight is 541 g/mol. The van der Waals surface area contributed by atoms with Gasteiger partial charge in [0.05, 0.1) is 17.3 Å². The Balaban J connectivity index is 1.16. The van der Waals surface area contributed by atoms with Crippen LogP contribution in [-0.4, -0.2) is 65.9 Å². The summed E-state index contributed by atoms with van der Waals surface area (Å²) in [6.07, 6.45) is 3.80. The molecule has 1 aliphatic carbocycles. The van der Waals surface area contributed by atoms with Crippen LogP contribution in [0.25, 0.3) is 5.52 Å². The molecule has 13 heteroatoms. The zero-order valence-electron chi connectivity index (χ0n) is 22.5. The molecule has 2 aliphatic rings. The molecule has 4 aromatic heterocycles. The summed E-state index contributed by atoms with van der Waals surface area (Å²) in [5.74, 6) is 1.54. The molecule has 0 unspecified atom stereocenters. The van der Waals surface area contributed by atoms with Gasteiger partial charge in [0.1, 0.15) is 36.2 Å². The fraction of sp³-hybridized carbons (Fsp3) is 0.333. The van der Waals surface area contributed by atoms with E-state index < -0.39 is 0 Å². The number of hydrogen-bond donors (Lipinski definition) is 2. The van der Waals surface area contributed by atoms with Crippen molar-refractivity contribution in [1.29, 1.82) is 0 Å². The first-order valence-electron chi connectivity index (χ1n) is 13.0. The molecule has 6 rings (SSSR count). The Kier molecular flexibility index (Phi) is 6.12. The van der Waals surface area contributed by atoms with E-state index in [1.165, 1.54) is 18.3 Å². The van der Waals surface area contributed by atoms with Crippen LogP contribution in [0.1, 0.15) is 48.1 Å². The number of nitrogens with zero attached hydrogens (tertiary/aromatic N) is 8. The van der Waals surface area contributed by atoms with E-state index in [1.807, 2.05) is 45.0 Å². The number of aromatic nitrogens is 6. The molecule has 1 saturated heterocycles. The lowest BCUT2D eigenvalue weighted by Crippen LogP contribution is -2.31. The second-order valence-electron chi connectivity index (χ2n) is 10.3. The van der Waals surface area contributed by atoms with Gasteiger partial charge in [-0.2, -0.15) is 5.10 Å². The Hall–Kier alpha value is -4.94. The predicted octanol–water partition coefficient (Wildman–Crippen LogP) is 2.84. The minimum atomic E-state index is -0.389. The van der Waals surface area contributed by atoms with Crippen LogP contribution < -0.4 is 15.5 Å². The lowest BCUT2D eigenvalue weighted by atomic mass is 10.2. The average Bonchev–Trinajstić information content (AvgIpc) is 3.55. The highest BCUT2D eigenvalue weighted by atomic mass is 16.2. The summed E-state index contributed by atoms with van der Waals surface area (Å²) in [7, 11) is 1.47. The van der Waals surface area contributed by atoms with Crippen molar-refractivity contribution in [2.75, 3.05) is 29.1 Å². The van der Waals surface area contributed by atoms with Gasteiger partial charge in [0.15, 0.2) is 0 Å². The van der Waals surface area contributed by atoms with Crippen molar-refractivity contribution in [3.8, 4) is 0 Å². The molecule has 2 N–H and O–H groups in total. The Morgan fingerprint density at radius 1 is 1.07 bits per heavy atom. The molecule has 0 radical (unpaired) electrons. The summed E-state index contributed by atoms with van der Waals surface area (Å²) in [6.45, 7) is 5.73. The second-order valence-corrected chi connectivity index (χ2v) is 10.3. The van der Waals surface area contributed by atoms with Gasteiger partial charge in [-0.3, -0.25) is 19.4 Å². The van der Waals surface area contributed by atoms with E-state index >= 15 is 0 Å². The van der Waals surface area contributed by atoms with Crippen molar-refractivity contribution in [3.05, 3.63) is 65.6 Å². The minimum absolute atomic E-state index is 0.0114. The number of amides is 4. The predicted molar refractivity (Wildman–Crippen MR) is 146 cm³/mol. The first kappa shape index (κ1) is 25.3. The van der Waals surface area contributed by atoms with Crippen molar-refractivity contribution >= 4 is 40.8 Å². The number of nitrogens with one attached hydrogen (secondary N) is 2. The first-order chi connectivity index (χ1) is 19.2. The van der Waals surface area contributed by atoms with Crippen LogP contribution in [0.15, 0.2) is 42.9 Å². The largest absolute Gasteiger partial charge is 0.362 e. The normalized spacial score (nSPS) is 19.3. The van der Waals surface area contributed by atoms with Crippen LogP contribution in [0, 0.1) is 19.8 Å². The topological polar surface area (TPSA) is 151 Å². The van der Waals surface area contributed by atoms with Crippen molar-refractivity contribution < 1.29 is 14.4 Å². The van der Waals surface area contributed by atoms with Crippen LogP contribution in [0.4, 0.5) is 22.2 Å². The van der Waals surface area contributed by atoms with Gasteiger partial charge in [-0.15, -0.1) is 0 Å². The highest BCUT2D eigenvalue weighted by molar-refractivity contribution is 6.11. The van der Waals surface area contributed by atoms with Crippen molar-refractivity contribution in [2.24, 2.45) is 5.92 Å². The summed E-state index contributed by atoms with van der Waals surface area (Å²) in [5, 5.41) is 10.9. The SMILES string of the molecule is Cc1cc(N2CC(=O)N(C)C2=O)n2nc([C@H](C)Nc3cc(NC(=O)[C@H]4C[C@@H]4c4nccc(C)n4)ncn3)cc2c1. The van der Waals surface area contributed by atoms with Gasteiger partial charge >= 0.3 is 6.03 Å². The number of urea groups is 1. The number of rotatable bonds is 7. The van der Waals surface area contributed by atoms with Crippen molar-refractivity contribution in [1.82, 2.24) is 34.4 Å². The van der Waals surface area contributed by atoms with Crippen LogP contribution in [0.3, 0.4) is 0 Å². The molecule has 2 fully saturated rings. The molecule has 1 saturated carbocycles. The third kappa shape index (κ3) is 4.70. The molecular formula is C27H28N10O3. The molecule has 13 nitrogen and oxygen atoms in total. The zero-order valence-corrected chi connectivity index (χ0v) is 22.5. The highest BCUT2D eigenvalue weighted by Crippen LogP contribution is 2.46. The number of carbonyl (C=O) groups excluding carboxylic acids is 3. The molecule has 1 aliphatic heterocycles. The van der Waals surface area contributed by atoms with Crippen molar-refractivity contribution in [2.45, 2.75) is 39.2 Å². The number of pyridine rings is 1. The quantitative estimate of drug-likeness (QED) is 0.337. The van der Waals surface area contributed by atoms with E-state index in [1.54, 1.807) is 16.8 Å². The first-order valence-corrected chi connectivity index (χ1v) is 13.0. The van der Waals surface area contributed by atoms with Gasteiger partial charge in [-0.1, -0.05) is 0 Å². The molecule has 0 aromatic carbocycles. The molecule has 40 heavy (non-hydrogen) atoms. The zero-order chi connectivity index (χ0) is 28.1. The lowest BCUT2D eigenvalue weighted by Gasteiger charge is -2.17. The van der Waals surface area contributed by atoms with E-state index in [0.29, 0.717) is 35.4 Å². The van der Waals surface area contributed by atoms with E-state index in [4.69, 9.17) is 5.10 Å². The highest BCUT2D eigenvalue weighted by Gasteiger charge is 2.46. The van der Waals surface area contributed by atoms with E-state index in [9.17, 15) is 14.4 Å². The molecule has 204 valence electrons. The maximum absolute atomic E-state index is 12.8. The van der Waals surface area contributed by atoms with Crippen LogP contribution in [-0.2, 0) is 9.59 Å². The van der Waals surface area contributed by atoms with E-state index in [2.05, 4.69) is 30.6 Å². The molecular weight excluding hydrogens is 512 g/mol. The van der Waals surface area contributed by atoms with Gasteiger partial charge in [-0.05, 0) is 57.0 Å². The Morgan fingerprint density at radius 3 is 2.62 bits per heavy atom. The summed E-state index contributed by atoms with van der Waals surface area (Å²) >= 11 is 0. The number of hydrogen-bond acceptors (Lipinski definition) is 9. The standard InChI is InChI=1S/C27H28N10O3/c1-14-7-17-9-20(34-37(17)23(8-14)36-12-24(38)35(4)27(36)40)16(3)32-21-11-22(30-13-29-21)33-26(39)19-10-18(19)25-28-6-5-15(2)31-25/h5-9,11,13,16,18-19H,10,12H2,1-4H3,(H2,29,30,32,33,39)/t16-,18-,19-/m0/s1. The van der Waals surface area contributed by atoms with Crippen LogP contribution in [0.5, 0.6) is 0 Å². The molecule has 3 atom stereocenters. The molecule has 0 spiro atoms. The summed E-state index contributed by atoms with van der Waals surface area (Å²) in [5.41, 5.74) is 3.32. The third-order valence-electron chi connectivity index (χ3n) is 7.17. The molecule has 0 bridgehead atoms. The van der Waals surface area contributed by atoms with Gasteiger partial charge in [0, 0.05) is 36.8 Å². The number of aryl methyl sites for hydroxylation is 2.